The molecule has 0 saturated carbocycles. The monoisotopic (exact) mass is 432 g/mol. The van der Waals surface area contributed by atoms with Crippen LogP contribution in [0.5, 0.6) is 5.75 Å². The number of allylic oxidation sites excluding steroid dienone is 1. The normalized spacial score (nSPS) is 12.3. The highest BCUT2D eigenvalue weighted by molar-refractivity contribution is 5.63. The summed E-state index contributed by atoms with van der Waals surface area (Å²) in [7, 11) is 0. The average molecular weight is 433 g/mol. The van der Waals surface area contributed by atoms with Crippen LogP contribution in [-0.2, 0) is 4.74 Å². The molecule has 0 spiro atoms. The minimum Gasteiger partial charge on any atom is -0.505 e. The van der Waals surface area contributed by atoms with Crippen LogP contribution in [0.3, 0.4) is 0 Å². The lowest BCUT2D eigenvalue weighted by molar-refractivity contribution is 0.0566. The number of hydrogen-bond donors (Lipinski definition) is 1. The number of hydrogen-bond acceptors (Lipinski definition) is 6. The summed E-state index contributed by atoms with van der Waals surface area (Å²) < 4.78 is 5.84. The van der Waals surface area contributed by atoms with Gasteiger partial charge in [-0.1, -0.05) is 56.2 Å². The van der Waals surface area contributed by atoms with Gasteiger partial charge in [0, 0.05) is 35.7 Å². The van der Waals surface area contributed by atoms with E-state index >= 15 is 0 Å². The Bertz CT molecular complexity index is 955. The Morgan fingerprint density at radius 2 is 1.47 bits per heavy atom. The van der Waals surface area contributed by atoms with Crippen LogP contribution in [0.1, 0.15) is 57.9 Å². The standard InChI is InChI=1S/C26H32N4O2/c1-3-4-8-15-32-20(2)9-6-5-7-10-21-16-27-25(28-17-21)22-11-13-23(14-12-22)26-29-18-24(31)19-30-26/h7,10-14,16-20,31H,3-6,8-9,15H2,1-2H3/b10-7+. The van der Waals surface area contributed by atoms with E-state index in [4.69, 9.17) is 4.74 Å². The van der Waals surface area contributed by atoms with E-state index in [1.165, 1.54) is 25.2 Å². The summed E-state index contributed by atoms with van der Waals surface area (Å²) in [6.45, 7) is 5.25. The third-order valence-corrected chi connectivity index (χ3v) is 5.15. The highest BCUT2D eigenvalue weighted by Crippen LogP contribution is 2.21. The van der Waals surface area contributed by atoms with E-state index in [2.05, 4.69) is 45.9 Å². The van der Waals surface area contributed by atoms with Crippen molar-refractivity contribution in [3.63, 3.8) is 0 Å². The Hall–Kier alpha value is -3.12. The number of nitrogens with zero attached hydrogens (tertiary/aromatic N) is 4. The van der Waals surface area contributed by atoms with E-state index in [1.54, 1.807) is 0 Å². The maximum absolute atomic E-state index is 9.31. The van der Waals surface area contributed by atoms with Crippen LogP contribution in [0, 0.1) is 0 Å². The second-order valence-corrected chi connectivity index (χ2v) is 7.90. The molecule has 0 amide bonds. The fraction of sp³-hybridized carbons (Fsp3) is 0.385. The smallest absolute Gasteiger partial charge is 0.159 e. The molecule has 0 saturated heterocycles. The molecule has 0 aliphatic rings. The first kappa shape index (κ1) is 23.5. The van der Waals surface area contributed by atoms with Crippen molar-refractivity contribution in [3.05, 3.63) is 60.7 Å². The molecular formula is C26H32N4O2. The zero-order valence-electron chi connectivity index (χ0n) is 18.9. The van der Waals surface area contributed by atoms with Crippen LogP contribution in [0.25, 0.3) is 28.9 Å². The molecule has 2 heterocycles. The van der Waals surface area contributed by atoms with Crippen molar-refractivity contribution in [2.45, 2.75) is 58.5 Å². The van der Waals surface area contributed by atoms with Crippen molar-refractivity contribution in [1.29, 1.82) is 0 Å². The summed E-state index contributed by atoms with van der Waals surface area (Å²) in [4.78, 5) is 17.2. The maximum atomic E-state index is 9.31. The molecule has 1 unspecified atom stereocenters. The van der Waals surface area contributed by atoms with Gasteiger partial charge in [0.1, 0.15) is 0 Å². The predicted octanol–water partition coefficient (Wildman–Crippen LogP) is 6.09. The molecule has 2 aromatic heterocycles. The Morgan fingerprint density at radius 1 is 0.875 bits per heavy atom. The van der Waals surface area contributed by atoms with Crippen LogP contribution in [0.4, 0.5) is 0 Å². The topological polar surface area (TPSA) is 81.0 Å². The second kappa shape index (κ2) is 12.7. The van der Waals surface area contributed by atoms with Gasteiger partial charge in [-0.25, -0.2) is 19.9 Å². The van der Waals surface area contributed by atoms with E-state index in [0.29, 0.717) is 17.8 Å². The van der Waals surface area contributed by atoms with Crippen LogP contribution < -0.4 is 0 Å². The molecule has 0 aliphatic carbocycles. The summed E-state index contributed by atoms with van der Waals surface area (Å²) in [5.41, 5.74) is 2.79. The molecule has 3 aromatic rings. The van der Waals surface area contributed by atoms with Gasteiger partial charge in [-0.05, 0) is 32.6 Å². The van der Waals surface area contributed by atoms with E-state index in [9.17, 15) is 5.11 Å². The molecule has 1 aromatic carbocycles. The fourth-order valence-corrected chi connectivity index (χ4v) is 3.27. The number of unbranched alkanes of at least 4 members (excludes halogenated alkanes) is 3. The quantitative estimate of drug-likeness (QED) is 0.349. The van der Waals surface area contributed by atoms with Crippen molar-refractivity contribution in [2.75, 3.05) is 6.61 Å². The summed E-state index contributed by atoms with van der Waals surface area (Å²) in [6.07, 6.45) is 17.9. The molecule has 0 fully saturated rings. The fourth-order valence-electron chi connectivity index (χ4n) is 3.27. The first-order valence-electron chi connectivity index (χ1n) is 11.4. The third-order valence-electron chi connectivity index (χ3n) is 5.15. The van der Waals surface area contributed by atoms with Gasteiger partial charge in [-0.3, -0.25) is 0 Å². The summed E-state index contributed by atoms with van der Waals surface area (Å²) in [5.74, 6) is 1.29. The van der Waals surface area contributed by atoms with Crippen LogP contribution >= 0.6 is 0 Å². The lowest BCUT2D eigenvalue weighted by atomic mass is 10.1. The Kier molecular flexibility index (Phi) is 9.32. The van der Waals surface area contributed by atoms with Gasteiger partial charge in [0.25, 0.3) is 0 Å². The third kappa shape index (κ3) is 7.54. The molecule has 0 aliphatic heterocycles. The number of benzene rings is 1. The van der Waals surface area contributed by atoms with E-state index < -0.39 is 0 Å². The molecule has 1 N–H and O–H groups in total. The molecule has 3 rings (SSSR count). The number of rotatable bonds is 12. The van der Waals surface area contributed by atoms with Crippen LogP contribution in [-0.4, -0.2) is 37.8 Å². The van der Waals surface area contributed by atoms with Crippen LogP contribution in [0.15, 0.2) is 55.1 Å². The highest BCUT2D eigenvalue weighted by atomic mass is 16.5. The van der Waals surface area contributed by atoms with E-state index in [-0.39, 0.29) is 5.75 Å². The molecule has 1 atom stereocenters. The van der Waals surface area contributed by atoms with Crippen molar-refractivity contribution >= 4 is 6.08 Å². The highest BCUT2D eigenvalue weighted by Gasteiger charge is 2.05. The van der Waals surface area contributed by atoms with Gasteiger partial charge in [-0.2, -0.15) is 0 Å². The Morgan fingerprint density at radius 3 is 2.06 bits per heavy atom. The molecule has 6 nitrogen and oxygen atoms in total. The van der Waals surface area contributed by atoms with Crippen molar-refractivity contribution in [3.8, 4) is 28.5 Å². The number of aromatic hydroxyl groups is 1. The summed E-state index contributed by atoms with van der Waals surface area (Å²) in [5, 5.41) is 9.31. The van der Waals surface area contributed by atoms with Crippen LogP contribution in [0.2, 0.25) is 0 Å². The summed E-state index contributed by atoms with van der Waals surface area (Å²) in [6, 6.07) is 7.74. The molecular weight excluding hydrogens is 400 g/mol. The first-order valence-corrected chi connectivity index (χ1v) is 11.4. The van der Waals surface area contributed by atoms with Gasteiger partial charge in [0.15, 0.2) is 17.4 Å². The molecule has 168 valence electrons. The molecule has 6 heteroatoms. The maximum Gasteiger partial charge on any atom is 0.159 e. The van der Waals surface area contributed by atoms with Gasteiger partial charge in [0.05, 0.1) is 18.5 Å². The zero-order chi connectivity index (χ0) is 22.6. The molecule has 0 radical (unpaired) electrons. The van der Waals surface area contributed by atoms with Gasteiger partial charge >= 0.3 is 0 Å². The second-order valence-electron chi connectivity index (χ2n) is 7.90. The SMILES string of the molecule is CCCCCOC(C)CCC/C=C/c1cnc(-c2ccc(-c3ncc(O)cn3)cc2)nc1. The first-order chi connectivity index (χ1) is 15.7. The van der Waals surface area contributed by atoms with Crippen molar-refractivity contribution < 1.29 is 9.84 Å². The van der Waals surface area contributed by atoms with E-state index in [1.807, 2.05) is 36.7 Å². The Labute approximate surface area is 190 Å². The molecule has 0 bridgehead atoms. The minimum absolute atomic E-state index is 0.0503. The van der Waals surface area contributed by atoms with Gasteiger partial charge in [-0.15, -0.1) is 0 Å². The van der Waals surface area contributed by atoms with E-state index in [0.717, 1.165) is 49.0 Å². The largest absolute Gasteiger partial charge is 0.505 e. The lowest BCUT2D eigenvalue weighted by Crippen LogP contribution is -2.08. The van der Waals surface area contributed by atoms with Crippen molar-refractivity contribution in [2.24, 2.45) is 0 Å². The van der Waals surface area contributed by atoms with Gasteiger partial charge < -0.3 is 9.84 Å². The Balaban J connectivity index is 1.45. The summed E-state index contributed by atoms with van der Waals surface area (Å²) >= 11 is 0. The van der Waals surface area contributed by atoms with Gasteiger partial charge in [0.2, 0.25) is 0 Å². The number of ether oxygens (including phenoxy) is 1. The van der Waals surface area contributed by atoms with Crippen molar-refractivity contribution in [1.82, 2.24) is 19.9 Å². The minimum atomic E-state index is 0.0503. The lowest BCUT2D eigenvalue weighted by Gasteiger charge is -2.11. The zero-order valence-corrected chi connectivity index (χ0v) is 18.9. The predicted molar refractivity (Wildman–Crippen MR) is 128 cm³/mol. The number of aromatic nitrogens is 4. The average Bonchev–Trinajstić information content (AvgIpc) is 2.83. The molecule has 32 heavy (non-hydrogen) atoms.